The molecule has 0 saturated heterocycles. The predicted molar refractivity (Wildman–Crippen MR) is 99.7 cm³/mol. The maximum absolute atomic E-state index is 12.3. The van der Waals surface area contributed by atoms with Gasteiger partial charge >= 0.3 is 5.97 Å². The molecule has 0 atom stereocenters. The molecule has 0 aliphatic heterocycles. The summed E-state index contributed by atoms with van der Waals surface area (Å²) < 4.78 is 5.54. The van der Waals surface area contributed by atoms with Crippen molar-refractivity contribution in [1.29, 1.82) is 0 Å². The molecule has 0 spiro atoms. The minimum absolute atomic E-state index is 0.0892. The summed E-state index contributed by atoms with van der Waals surface area (Å²) in [7, 11) is 0. The molecular formula is C20H37N3O2. The number of esters is 1. The summed E-state index contributed by atoms with van der Waals surface area (Å²) in [5.41, 5.74) is 19.1. The Morgan fingerprint density at radius 2 is 1.16 bits per heavy atom. The summed E-state index contributed by atoms with van der Waals surface area (Å²) in [5, 5.41) is 0. The third kappa shape index (κ3) is 3.47. The molecule has 0 unspecified atom stereocenters. The van der Waals surface area contributed by atoms with Crippen LogP contribution in [0.2, 0.25) is 0 Å². The van der Waals surface area contributed by atoms with Crippen LogP contribution in [-0.4, -0.2) is 31.2 Å². The molecule has 0 radical (unpaired) electrons. The Kier molecular flexibility index (Phi) is 4.54. The zero-order chi connectivity index (χ0) is 18.6. The van der Waals surface area contributed by atoms with Crippen molar-refractivity contribution in [2.45, 2.75) is 77.7 Å². The largest absolute Gasteiger partial charge is 0.460 e. The van der Waals surface area contributed by atoms with Crippen LogP contribution in [-0.2, 0) is 9.53 Å². The molecule has 0 amide bonds. The van der Waals surface area contributed by atoms with E-state index in [0.717, 1.165) is 44.9 Å². The second-order valence-electron chi connectivity index (χ2n) is 10.8. The van der Waals surface area contributed by atoms with Crippen LogP contribution in [0.5, 0.6) is 0 Å². The maximum atomic E-state index is 12.3. The summed E-state index contributed by atoms with van der Waals surface area (Å²) in [4.78, 5) is 12.3. The first-order valence-electron chi connectivity index (χ1n) is 9.85. The first-order chi connectivity index (χ1) is 11.5. The van der Waals surface area contributed by atoms with Crippen LogP contribution in [0.1, 0.15) is 72.1 Å². The van der Waals surface area contributed by atoms with Gasteiger partial charge in [-0.25, -0.2) is 0 Å². The molecule has 4 aliphatic carbocycles. The first kappa shape index (κ1) is 19.1. The lowest BCUT2D eigenvalue weighted by atomic mass is 9.35. The molecule has 4 saturated carbocycles. The SMILES string of the molecule is CC(C)(C)OC(=O)CCC12CC3(CN)CC(CN)(CC(CN)(C3)C1)C2. The molecule has 0 heterocycles. The number of rotatable bonds is 6. The standard InChI is InChI=1S/C20H37N3O2/c1-16(2,3)25-15(24)4-5-17-6-18(12-21)9-19(7-17,13-22)11-20(8-17,10-18)14-23/h4-14,21-23H2,1-3H3. The third-order valence-corrected chi connectivity index (χ3v) is 7.08. The van der Waals surface area contributed by atoms with Gasteiger partial charge in [0.25, 0.3) is 0 Å². The van der Waals surface area contributed by atoms with Gasteiger partial charge in [0.2, 0.25) is 0 Å². The van der Waals surface area contributed by atoms with Gasteiger partial charge in [0.15, 0.2) is 0 Å². The van der Waals surface area contributed by atoms with Gasteiger partial charge in [0.05, 0.1) is 0 Å². The van der Waals surface area contributed by atoms with Gasteiger partial charge in [-0.15, -0.1) is 0 Å². The van der Waals surface area contributed by atoms with E-state index in [0.29, 0.717) is 26.1 Å². The average Bonchev–Trinajstić information content (AvgIpc) is 2.50. The van der Waals surface area contributed by atoms with Crippen molar-refractivity contribution in [3.8, 4) is 0 Å². The fraction of sp³-hybridized carbons (Fsp3) is 0.950. The first-order valence-corrected chi connectivity index (χ1v) is 9.85. The van der Waals surface area contributed by atoms with E-state index in [9.17, 15) is 4.79 Å². The van der Waals surface area contributed by atoms with Gasteiger partial charge in [0, 0.05) is 6.42 Å². The predicted octanol–water partition coefficient (Wildman–Crippen LogP) is 2.31. The Bertz CT molecular complexity index is 481. The molecule has 4 aliphatic rings. The number of hydrogen-bond donors (Lipinski definition) is 3. The van der Waals surface area contributed by atoms with Crippen molar-refractivity contribution < 1.29 is 9.53 Å². The molecule has 5 heteroatoms. The third-order valence-electron chi connectivity index (χ3n) is 7.08. The molecular weight excluding hydrogens is 314 g/mol. The number of ether oxygens (including phenoxy) is 1. The molecule has 0 aromatic carbocycles. The molecule has 0 aromatic heterocycles. The maximum Gasteiger partial charge on any atom is 0.306 e. The molecule has 144 valence electrons. The van der Waals surface area contributed by atoms with Crippen molar-refractivity contribution >= 4 is 5.97 Å². The number of carbonyl (C=O) groups is 1. The lowest BCUT2D eigenvalue weighted by Gasteiger charge is -2.71. The van der Waals surface area contributed by atoms with E-state index in [4.69, 9.17) is 21.9 Å². The molecule has 6 N–H and O–H groups in total. The van der Waals surface area contributed by atoms with Gasteiger partial charge in [-0.1, -0.05) is 0 Å². The summed E-state index contributed by atoms with van der Waals surface area (Å²) in [6, 6.07) is 0. The van der Waals surface area contributed by atoms with Gasteiger partial charge in [-0.2, -0.15) is 0 Å². The Labute approximate surface area is 152 Å². The van der Waals surface area contributed by atoms with E-state index in [1.807, 2.05) is 20.8 Å². The number of carbonyl (C=O) groups excluding carboxylic acids is 1. The fourth-order valence-corrected chi connectivity index (χ4v) is 7.20. The Hall–Kier alpha value is -0.650. The summed E-state index contributed by atoms with van der Waals surface area (Å²) >= 11 is 0. The van der Waals surface area contributed by atoms with Crippen molar-refractivity contribution in [1.82, 2.24) is 0 Å². The van der Waals surface area contributed by atoms with Gasteiger partial charge in [-0.3, -0.25) is 4.79 Å². The van der Waals surface area contributed by atoms with Crippen LogP contribution < -0.4 is 17.2 Å². The van der Waals surface area contributed by atoms with Gasteiger partial charge in [0.1, 0.15) is 5.60 Å². The molecule has 4 fully saturated rings. The van der Waals surface area contributed by atoms with Crippen LogP contribution >= 0.6 is 0 Å². The van der Waals surface area contributed by atoms with Crippen LogP contribution in [0.15, 0.2) is 0 Å². The number of hydrogen-bond acceptors (Lipinski definition) is 5. The van der Waals surface area contributed by atoms with Crippen molar-refractivity contribution in [3.05, 3.63) is 0 Å². The minimum Gasteiger partial charge on any atom is -0.460 e. The molecule has 5 nitrogen and oxygen atoms in total. The number of nitrogens with two attached hydrogens (primary N) is 3. The summed E-state index contributed by atoms with van der Waals surface area (Å²) in [6.07, 6.45) is 8.18. The lowest BCUT2D eigenvalue weighted by Crippen LogP contribution is -2.66. The average molecular weight is 352 g/mol. The van der Waals surface area contributed by atoms with Crippen LogP contribution in [0.25, 0.3) is 0 Å². The zero-order valence-corrected chi connectivity index (χ0v) is 16.3. The van der Waals surface area contributed by atoms with Gasteiger partial charge < -0.3 is 21.9 Å². The van der Waals surface area contributed by atoms with E-state index in [-0.39, 0.29) is 27.6 Å². The molecule has 25 heavy (non-hydrogen) atoms. The lowest BCUT2D eigenvalue weighted by molar-refractivity contribution is -0.196. The summed E-state index contributed by atoms with van der Waals surface area (Å²) in [5.74, 6) is -0.0892. The van der Waals surface area contributed by atoms with E-state index in [2.05, 4.69) is 0 Å². The van der Waals surface area contributed by atoms with E-state index >= 15 is 0 Å². The van der Waals surface area contributed by atoms with E-state index < -0.39 is 5.60 Å². The fourth-order valence-electron chi connectivity index (χ4n) is 7.20. The smallest absolute Gasteiger partial charge is 0.306 e. The van der Waals surface area contributed by atoms with Gasteiger partial charge in [-0.05, 0) is 107 Å². The highest BCUT2D eigenvalue weighted by molar-refractivity contribution is 5.69. The van der Waals surface area contributed by atoms with E-state index in [1.54, 1.807) is 0 Å². The summed E-state index contributed by atoms with van der Waals surface area (Å²) in [6.45, 7) is 7.91. The van der Waals surface area contributed by atoms with Crippen LogP contribution in [0.3, 0.4) is 0 Å². The quantitative estimate of drug-likeness (QED) is 0.637. The van der Waals surface area contributed by atoms with Crippen molar-refractivity contribution in [2.75, 3.05) is 19.6 Å². The normalized spacial score (nSPS) is 42.6. The Balaban J connectivity index is 1.82. The van der Waals surface area contributed by atoms with Crippen LogP contribution in [0.4, 0.5) is 0 Å². The monoisotopic (exact) mass is 351 g/mol. The Morgan fingerprint density at radius 3 is 1.48 bits per heavy atom. The van der Waals surface area contributed by atoms with E-state index in [1.165, 1.54) is 0 Å². The van der Waals surface area contributed by atoms with Crippen LogP contribution in [0, 0.1) is 21.7 Å². The minimum atomic E-state index is -0.423. The van der Waals surface area contributed by atoms with Crippen molar-refractivity contribution in [2.24, 2.45) is 38.9 Å². The molecule has 4 rings (SSSR count). The highest BCUT2D eigenvalue weighted by atomic mass is 16.6. The topological polar surface area (TPSA) is 104 Å². The Morgan fingerprint density at radius 1 is 0.800 bits per heavy atom. The highest BCUT2D eigenvalue weighted by Crippen LogP contribution is 2.74. The molecule has 0 aromatic rings. The highest BCUT2D eigenvalue weighted by Gasteiger charge is 2.66. The molecule has 4 bridgehead atoms. The zero-order valence-electron chi connectivity index (χ0n) is 16.3. The second-order valence-corrected chi connectivity index (χ2v) is 10.8. The second kappa shape index (κ2) is 5.93. The van der Waals surface area contributed by atoms with Crippen molar-refractivity contribution in [3.63, 3.8) is 0 Å².